The summed E-state index contributed by atoms with van der Waals surface area (Å²) in [5.41, 5.74) is 0. The van der Waals surface area contributed by atoms with Crippen LogP contribution in [0.2, 0.25) is 0 Å². The van der Waals surface area contributed by atoms with Crippen molar-refractivity contribution in [3.63, 3.8) is 0 Å². The van der Waals surface area contributed by atoms with Crippen LogP contribution in [0.1, 0.15) is 38.5 Å². The van der Waals surface area contributed by atoms with Crippen molar-refractivity contribution in [1.29, 1.82) is 0 Å². The van der Waals surface area contributed by atoms with Gasteiger partial charge in [0.05, 0.1) is 0 Å². The van der Waals surface area contributed by atoms with Gasteiger partial charge < -0.3 is 15.2 Å². The maximum absolute atomic E-state index is 12.3. The molecule has 0 radical (unpaired) electrons. The Balaban J connectivity index is 1.56. The van der Waals surface area contributed by atoms with Gasteiger partial charge in [0.15, 0.2) is 6.10 Å². The topological polar surface area (TPSA) is 75.6 Å². The Hall–Kier alpha value is -1.53. The molecule has 130 valence electrons. The van der Waals surface area contributed by atoms with Crippen LogP contribution in [-0.4, -0.2) is 40.5 Å². The van der Waals surface area contributed by atoms with Crippen LogP contribution < -0.4 is 5.32 Å². The predicted octanol–water partition coefficient (Wildman–Crippen LogP) is 2.84. The molecule has 0 unspecified atom stereocenters. The summed E-state index contributed by atoms with van der Waals surface area (Å²) in [5, 5.41) is 12.0. The van der Waals surface area contributed by atoms with Gasteiger partial charge >= 0.3 is 5.97 Å². The van der Waals surface area contributed by atoms with Crippen molar-refractivity contribution in [3.05, 3.63) is 30.3 Å². The number of hydrogen-bond acceptors (Lipinski definition) is 4. The number of ether oxygens (including phenoxy) is 1. The zero-order valence-electron chi connectivity index (χ0n) is 13.6. The average Bonchev–Trinajstić information content (AvgIpc) is 3.24. The minimum atomic E-state index is -0.989. The number of carbonyl (C=O) groups is 2. The fraction of sp³-hybridized carbons (Fsp3) is 0.556. The van der Waals surface area contributed by atoms with E-state index in [9.17, 15) is 9.59 Å². The van der Waals surface area contributed by atoms with Crippen molar-refractivity contribution in [2.75, 3.05) is 6.54 Å². The van der Waals surface area contributed by atoms with Gasteiger partial charge in [-0.25, -0.2) is 4.79 Å². The second kappa shape index (κ2) is 7.57. The van der Waals surface area contributed by atoms with Crippen LogP contribution in [0.5, 0.6) is 0 Å². The first-order valence-corrected chi connectivity index (χ1v) is 9.30. The molecule has 5 nitrogen and oxygen atoms in total. The highest BCUT2D eigenvalue weighted by Crippen LogP contribution is 2.44. The SMILES string of the molecule is O=C(NCC1(Sc2ccccc2)CCCC1)[C@@H]1CC[C@H](C(=O)O)O1. The molecule has 1 heterocycles. The average molecular weight is 349 g/mol. The van der Waals surface area contributed by atoms with Gasteiger partial charge in [-0.3, -0.25) is 4.79 Å². The molecule has 2 N–H and O–H groups in total. The molecule has 2 atom stereocenters. The summed E-state index contributed by atoms with van der Waals surface area (Å²) in [7, 11) is 0. The fourth-order valence-electron chi connectivity index (χ4n) is 3.45. The smallest absolute Gasteiger partial charge is 0.332 e. The van der Waals surface area contributed by atoms with Gasteiger partial charge in [-0.1, -0.05) is 31.0 Å². The number of amides is 1. The molecule has 1 aromatic rings. The zero-order chi connectivity index (χ0) is 17.0. The third kappa shape index (κ3) is 4.11. The molecule has 0 spiro atoms. The van der Waals surface area contributed by atoms with Crippen LogP contribution in [-0.2, 0) is 14.3 Å². The quantitative estimate of drug-likeness (QED) is 0.826. The first kappa shape index (κ1) is 17.3. The Bertz CT molecular complexity index is 586. The lowest BCUT2D eigenvalue weighted by Gasteiger charge is -2.29. The number of carboxylic acids is 1. The van der Waals surface area contributed by atoms with Gasteiger partial charge in [-0.15, -0.1) is 11.8 Å². The molecule has 1 aliphatic heterocycles. The van der Waals surface area contributed by atoms with Crippen LogP contribution in [0.15, 0.2) is 35.2 Å². The largest absolute Gasteiger partial charge is 0.479 e. The summed E-state index contributed by atoms with van der Waals surface area (Å²) in [5.74, 6) is -1.17. The van der Waals surface area contributed by atoms with Gasteiger partial charge in [-0.2, -0.15) is 0 Å². The molecular formula is C18H23NO4S. The lowest BCUT2D eigenvalue weighted by atomic mass is 10.1. The first-order valence-electron chi connectivity index (χ1n) is 8.48. The van der Waals surface area contributed by atoms with Crippen molar-refractivity contribution in [2.24, 2.45) is 0 Å². The zero-order valence-corrected chi connectivity index (χ0v) is 14.4. The van der Waals surface area contributed by atoms with Crippen LogP contribution in [0.25, 0.3) is 0 Å². The molecule has 1 saturated heterocycles. The number of hydrogen-bond donors (Lipinski definition) is 2. The summed E-state index contributed by atoms with van der Waals surface area (Å²) >= 11 is 1.84. The van der Waals surface area contributed by atoms with Crippen LogP contribution in [0.3, 0.4) is 0 Å². The molecule has 1 saturated carbocycles. The third-order valence-electron chi connectivity index (χ3n) is 4.76. The molecule has 3 rings (SSSR count). The minimum Gasteiger partial charge on any atom is -0.479 e. The molecule has 1 aromatic carbocycles. The van der Waals surface area contributed by atoms with Gasteiger partial charge in [0, 0.05) is 16.2 Å². The number of thioether (sulfide) groups is 1. The lowest BCUT2D eigenvalue weighted by Crippen LogP contribution is -2.43. The second-order valence-electron chi connectivity index (χ2n) is 6.55. The molecule has 0 bridgehead atoms. The van der Waals surface area contributed by atoms with E-state index in [-0.39, 0.29) is 10.7 Å². The number of nitrogens with one attached hydrogen (secondary N) is 1. The maximum atomic E-state index is 12.3. The highest BCUT2D eigenvalue weighted by atomic mass is 32.2. The predicted molar refractivity (Wildman–Crippen MR) is 92.0 cm³/mol. The van der Waals surface area contributed by atoms with Crippen molar-refractivity contribution in [2.45, 2.75) is 60.4 Å². The van der Waals surface area contributed by atoms with E-state index >= 15 is 0 Å². The molecule has 6 heteroatoms. The molecule has 0 aromatic heterocycles. The molecule has 2 fully saturated rings. The second-order valence-corrected chi connectivity index (χ2v) is 8.09. The highest BCUT2D eigenvalue weighted by molar-refractivity contribution is 8.00. The molecule has 1 amide bonds. The Morgan fingerprint density at radius 2 is 1.83 bits per heavy atom. The molecule has 24 heavy (non-hydrogen) atoms. The number of aliphatic carboxylic acids is 1. The van der Waals surface area contributed by atoms with Gasteiger partial charge in [0.1, 0.15) is 6.10 Å². The monoisotopic (exact) mass is 349 g/mol. The number of rotatable bonds is 6. The fourth-order valence-corrected chi connectivity index (χ4v) is 4.88. The minimum absolute atomic E-state index is 0.0296. The van der Waals surface area contributed by atoms with Gasteiger partial charge in [-0.05, 0) is 37.8 Å². The van der Waals surface area contributed by atoms with E-state index in [0.29, 0.717) is 19.4 Å². The molecule has 1 aliphatic carbocycles. The van der Waals surface area contributed by atoms with Crippen LogP contribution in [0.4, 0.5) is 0 Å². The van der Waals surface area contributed by atoms with Crippen molar-refractivity contribution in [1.82, 2.24) is 5.32 Å². The van der Waals surface area contributed by atoms with E-state index in [1.807, 2.05) is 30.0 Å². The first-order chi connectivity index (χ1) is 11.6. The third-order valence-corrected chi connectivity index (χ3v) is 6.26. The Kier molecular flexibility index (Phi) is 5.46. The number of benzene rings is 1. The van der Waals surface area contributed by atoms with E-state index in [2.05, 4.69) is 17.4 Å². The van der Waals surface area contributed by atoms with E-state index in [1.165, 1.54) is 17.7 Å². The maximum Gasteiger partial charge on any atom is 0.332 e. The highest BCUT2D eigenvalue weighted by Gasteiger charge is 2.38. The molecular weight excluding hydrogens is 326 g/mol. The lowest BCUT2D eigenvalue weighted by molar-refractivity contribution is -0.151. The summed E-state index contributed by atoms with van der Waals surface area (Å²) in [6.07, 6.45) is 3.91. The van der Waals surface area contributed by atoms with Crippen molar-refractivity contribution in [3.8, 4) is 0 Å². The van der Waals surface area contributed by atoms with Crippen molar-refractivity contribution < 1.29 is 19.4 Å². The van der Waals surface area contributed by atoms with E-state index in [0.717, 1.165) is 12.8 Å². The van der Waals surface area contributed by atoms with Gasteiger partial charge in [0.2, 0.25) is 5.91 Å². The summed E-state index contributed by atoms with van der Waals surface area (Å²) < 4.78 is 5.36. The number of carboxylic acid groups (broad SMARTS) is 1. The number of carbonyl (C=O) groups excluding carboxylic acids is 1. The van der Waals surface area contributed by atoms with E-state index < -0.39 is 18.2 Å². The molecule has 2 aliphatic rings. The van der Waals surface area contributed by atoms with Crippen molar-refractivity contribution >= 4 is 23.6 Å². The van der Waals surface area contributed by atoms with E-state index in [1.54, 1.807) is 0 Å². The summed E-state index contributed by atoms with van der Waals surface area (Å²) in [6, 6.07) is 10.3. The Morgan fingerprint density at radius 3 is 2.46 bits per heavy atom. The normalized spacial score (nSPS) is 25.5. The summed E-state index contributed by atoms with van der Waals surface area (Å²) in [4.78, 5) is 24.5. The summed E-state index contributed by atoms with van der Waals surface area (Å²) in [6.45, 7) is 0.600. The van der Waals surface area contributed by atoms with Gasteiger partial charge in [0.25, 0.3) is 0 Å². The van der Waals surface area contributed by atoms with Crippen LogP contribution in [0, 0.1) is 0 Å². The Morgan fingerprint density at radius 1 is 1.17 bits per heavy atom. The van der Waals surface area contributed by atoms with Crippen LogP contribution >= 0.6 is 11.8 Å². The standard InChI is InChI=1S/C18H23NO4S/c20-16(14-8-9-15(23-14)17(21)22)19-12-18(10-4-5-11-18)24-13-6-2-1-3-7-13/h1-3,6-7,14-15H,4-5,8-12H2,(H,19,20)(H,21,22)/t14-,15+/m0/s1. The Labute approximate surface area is 146 Å². The van der Waals surface area contributed by atoms with E-state index in [4.69, 9.17) is 9.84 Å².